The highest BCUT2D eigenvalue weighted by atomic mass is 35.5. The monoisotopic (exact) mass is 337 g/mol. The number of halogens is 3. The number of nitrogens with zero attached hydrogens (tertiary/aromatic N) is 1. The van der Waals surface area contributed by atoms with Crippen molar-refractivity contribution in [3.63, 3.8) is 0 Å². The van der Waals surface area contributed by atoms with Gasteiger partial charge in [0.2, 0.25) is 5.91 Å². The Labute approximate surface area is 135 Å². The van der Waals surface area contributed by atoms with Crippen LogP contribution in [0.15, 0.2) is 18.2 Å². The molecule has 1 fully saturated rings. The van der Waals surface area contributed by atoms with Crippen molar-refractivity contribution in [1.82, 2.24) is 4.90 Å². The van der Waals surface area contributed by atoms with Crippen molar-refractivity contribution >= 4 is 47.2 Å². The van der Waals surface area contributed by atoms with Crippen LogP contribution in [0.5, 0.6) is 0 Å². The van der Waals surface area contributed by atoms with Crippen LogP contribution >= 0.6 is 35.6 Å². The normalized spacial score (nSPS) is 16.6. The lowest BCUT2D eigenvalue weighted by Gasteiger charge is -2.29. The van der Waals surface area contributed by atoms with Gasteiger partial charge < -0.3 is 11.1 Å². The molecule has 3 N–H and O–H groups in total. The number of benzene rings is 1. The third-order valence-corrected chi connectivity index (χ3v) is 3.94. The number of hydrogen-bond acceptors (Lipinski definition) is 3. The lowest BCUT2D eigenvalue weighted by molar-refractivity contribution is -0.117. The highest BCUT2D eigenvalue weighted by molar-refractivity contribution is 6.42. The predicted molar refractivity (Wildman–Crippen MR) is 86.0 cm³/mol. The van der Waals surface area contributed by atoms with Crippen LogP contribution in [0.2, 0.25) is 10.0 Å². The number of nitrogens with one attached hydrogen (secondary N) is 1. The molecule has 0 atom stereocenters. The van der Waals surface area contributed by atoms with E-state index in [0.29, 0.717) is 22.3 Å². The standard InChI is InChI=1S/C13H17Cl2N3O.ClH/c14-11-2-1-10(7-12(11)15)17-13(19)8-18-5-3-9(16)4-6-18;/h1-2,7,9H,3-6,8,16H2,(H,17,19);1H. The summed E-state index contributed by atoms with van der Waals surface area (Å²) in [6, 6.07) is 5.32. The van der Waals surface area contributed by atoms with E-state index in [1.807, 2.05) is 0 Å². The summed E-state index contributed by atoms with van der Waals surface area (Å²) in [5.74, 6) is -0.0474. The minimum absolute atomic E-state index is 0. The average molecular weight is 339 g/mol. The number of carbonyl (C=O) groups excluding carboxylic acids is 1. The van der Waals surface area contributed by atoms with Gasteiger partial charge in [0.1, 0.15) is 0 Å². The van der Waals surface area contributed by atoms with Crippen molar-refractivity contribution in [3.05, 3.63) is 28.2 Å². The number of carbonyl (C=O) groups is 1. The van der Waals surface area contributed by atoms with Gasteiger partial charge in [0, 0.05) is 24.8 Å². The number of nitrogens with two attached hydrogens (primary N) is 1. The van der Waals surface area contributed by atoms with Crippen LogP contribution in [-0.4, -0.2) is 36.5 Å². The Hall–Kier alpha value is -0.520. The van der Waals surface area contributed by atoms with Crippen LogP contribution in [0.25, 0.3) is 0 Å². The molecule has 1 heterocycles. The van der Waals surface area contributed by atoms with E-state index in [9.17, 15) is 4.79 Å². The van der Waals surface area contributed by atoms with E-state index in [-0.39, 0.29) is 24.4 Å². The van der Waals surface area contributed by atoms with Crippen molar-refractivity contribution in [1.29, 1.82) is 0 Å². The van der Waals surface area contributed by atoms with Gasteiger partial charge in [-0.1, -0.05) is 23.2 Å². The summed E-state index contributed by atoms with van der Waals surface area (Å²) < 4.78 is 0. The van der Waals surface area contributed by atoms with Crippen LogP contribution in [0.3, 0.4) is 0 Å². The van der Waals surface area contributed by atoms with E-state index in [1.165, 1.54) is 0 Å². The number of anilines is 1. The van der Waals surface area contributed by atoms with E-state index >= 15 is 0 Å². The molecule has 20 heavy (non-hydrogen) atoms. The van der Waals surface area contributed by atoms with Gasteiger partial charge in [0.15, 0.2) is 0 Å². The van der Waals surface area contributed by atoms with Gasteiger partial charge >= 0.3 is 0 Å². The molecule has 0 unspecified atom stereocenters. The van der Waals surface area contributed by atoms with E-state index in [4.69, 9.17) is 28.9 Å². The molecular formula is C13H18Cl3N3O. The fourth-order valence-corrected chi connectivity index (χ4v) is 2.39. The number of likely N-dealkylation sites (tertiary alicyclic amines) is 1. The Kier molecular flexibility index (Phi) is 7.06. The highest BCUT2D eigenvalue weighted by Crippen LogP contribution is 2.24. The van der Waals surface area contributed by atoms with Gasteiger partial charge in [-0.2, -0.15) is 0 Å². The van der Waals surface area contributed by atoms with Crippen molar-refractivity contribution in [2.24, 2.45) is 5.73 Å². The molecule has 0 aliphatic carbocycles. The van der Waals surface area contributed by atoms with Gasteiger partial charge in [0.25, 0.3) is 0 Å². The van der Waals surface area contributed by atoms with Gasteiger partial charge in [-0.25, -0.2) is 0 Å². The minimum atomic E-state index is -0.0474. The van der Waals surface area contributed by atoms with Gasteiger partial charge in [-0.15, -0.1) is 12.4 Å². The fourth-order valence-electron chi connectivity index (χ4n) is 2.09. The first-order chi connectivity index (χ1) is 9.04. The molecule has 0 bridgehead atoms. The van der Waals surface area contributed by atoms with Gasteiger partial charge in [0.05, 0.1) is 16.6 Å². The summed E-state index contributed by atoms with van der Waals surface area (Å²) in [5, 5.41) is 3.72. The molecule has 1 aliphatic rings. The molecule has 2 rings (SSSR count). The summed E-state index contributed by atoms with van der Waals surface area (Å²) in [5.41, 5.74) is 6.49. The first-order valence-corrected chi connectivity index (χ1v) is 7.03. The maximum absolute atomic E-state index is 11.9. The third kappa shape index (κ3) is 5.11. The number of hydrogen-bond donors (Lipinski definition) is 2. The second-order valence-electron chi connectivity index (χ2n) is 4.79. The van der Waals surface area contributed by atoms with Crippen LogP contribution in [0.1, 0.15) is 12.8 Å². The molecule has 1 saturated heterocycles. The van der Waals surface area contributed by atoms with Crippen LogP contribution < -0.4 is 11.1 Å². The molecule has 1 aromatic rings. The summed E-state index contributed by atoms with van der Waals surface area (Å²) in [4.78, 5) is 14.0. The number of rotatable bonds is 3. The molecule has 0 radical (unpaired) electrons. The van der Waals surface area contributed by atoms with E-state index in [2.05, 4.69) is 10.2 Å². The number of amides is 1. The molecule has 1 aliphatic heterocycles. The Bertz CT molecular complexity index is 462. The molecule has 7 heteroatoms. The maximum atomic E-state index is 11.9. The van der Waals surface area contributed by atoms with E-state index in [1.54, 1.807) is 18.2 Å². The molecular weight excluding hydrogens is 321 g/mol. The first kappa shape index (κ1) is 17.5. The summed E-state index contributed by atoms with van der Waals surface area (Å²) in [6.07, 6.45) is 1.89. The quantitative estimate of drug-likeness (QED) is 0.891. The average Bonchev–Trinajstić information content (AvgIpc) is 2.37. The summed E-state index contributed by atoms with van der Waals surface area (Å²) in [6.45, 7) is 2.12. The van der Waals surface area contributed by atoms with Crippen LogP contribution in [0.4, 0.5) is 5.69 Å². The van der Waals surface area contributed by atoms with Gasteiger partial charge in [-0.05, 0) is 31.0 Å². The highest BCUT2D eigenvalue weighted by Gasteiger charge is 2.18. The molecule has 112 valence electrons. The van der Waals surface area contributed by atoms with Crippen molar-refractivity contribution in [2.75, 3.05) is 25.0 Å². The Balaban J connectivity index is 0.00000200. The van der Waals surface area contributed by atoms with Gasteiger partial charge in [-0.3, -0.25) is 9.69 Å². The summed E-state index contributed by atoms with van der Waals surface area (Å²) in [7, 11) is 0. The SMILES string of the molecule is Cl.NC1CCN(CC(=O)Nc2ccc(Cl)c(Cl)c2)CC1. The molecule has 0 saturated carbocycles. The van der Waals surface area contributed by atoms with Crippen molar-refractivity contribution in [2.45, 2.75) is 18.9 Å². The van der Waals surface area contributed by atoms with E-state index < -0.39 is 0 Å². The smallest absolute Gasteiger partial charge is 0.238 e. The molecule has 0 aromatic heterocycles. The molecule has 4 nitrogen and oxygen atoms in total. The topological polar surface area (TPSA) is 58.4 Å². The van der Waals surface area contributed by atoms with Crippen LogP contribution in [0, 0.1) is 0 Å². The Morgan fingerprint density at radius 3 is 2.55 bits per heavy atom. The Morgan fingerprint density at radius 2 is 1.95 bits per heavy atom. The second kappa shape index (κ2) is 8.05. The molecule has 1 amide bonds. The lowest BCUT2D eigenvalue weighted by Crippen LogP contribution is -2.43. The third-order valence-electron chi connectivity index (χ3n) is 3.20. The molecule has 1 aromatic carbocycles. The fraction of sp³-hybridized carbons (Fsp3) is 0.462. The lowest BCUT2D eigenvalue weighted by atomic mass is 10.1. The van der Waals surface area contributed by atoms with Crippen LogP contribution in [-0.2, 0) is 4.79 Å². The minimum Gasteiger partial charge on any atom is -0.328 e. The zero-order valence-electron chi connectivity index (χ0n) is 10.9. The second-order valence-corrected chi connectivity index (χ2v) is 5.61. The van der Waals surface area contributed by atoms with Crippen molar-refractivity contribution < 1.29 is 4.79 Å². The Morgan fingerprint density at radius 1 is 1.30 bits per heavy atom. The van der Waals surface area contributed by atoms with Crippen molar-refractivity contribution in [3.8, 4) is 0 Å². The van der Waals surface area contributed by atoms with E-state index in [0.717, 1.165) is 25.9 Å². The number of piperidine rings is 1. The zero-order chi connectivity index (χ0) is 13.8. The zero-order valence-corrected chi connectivity index (χ0v) is 13.3. The predicted octanol–water partition coefficient (Wildman–Crippen LogP) is 2.78. The first-order valence-electron chi connectivity index (χ1n) is 6.27. The maximum Gasteiger partial charge on any atom is 0.238 e. The largest absolute Gasteiger partial charge is 0.328 e. The summed E-state index contributed by atoms with van der Waals surface area (Å²) >= 11 is 11.7. The molecule has 0 spiro atoms.